The molecule has 0 aliphatic carbocycles. The minimum atomic E-state index is -3.44. The fraction of sp³-hybridized carbons (Fsp3) is 0.158. The van der Waals surface area contributed by atoms with Crippen LogP contribution in [0.4, 0.5) is 0 Å². The smallest absolute Gasteiger partial charge is 0.216 e. The number of hydrogen-bond donors (Lipinski definition) is 1. The molecule has 0 saturated carbocycles. The van der Waals surface area contributed by atoms with E-state index < -0.39 is 10.0 Å². The lowest BCUT2D eigenvalue weighted by Gasteiger charge is -2.10. The van der Waals surface area contributed by atoms with Crippen molar-refractivity contribution >= 4 is 10.0 Å². The first kappa shape index (κ1) is 17.3. The van der Waals surface area contributed by atoms with E-state index in [-0.39, 0.29) is 12.3 Å². The van der Waals surface area contributed by atoms with Crippen LogP contribution in [0.25, 0.3) is 11.3 Å². The maximum absolute atomic E-state index is 12.4. The Morgan fingerprint density at radius 3 is 2.64 bits per heavy atom. The van der Waals surface area contributed by atoms with Gasteiger partial charge < -0.3 is 0 Å². The number of aryl methyl sites for hydroxylation is 1. The number of aromatic nitrogens is 2. The van der Waals surface area contributed by atoms with Gasteiger partial charge >= 0.3 is 0 Å². The molecule has 0 bridgehead atoms. The molecule has 2 heterocycles. The number of rotatable bonds is 6. The maximum Gasteiger partial charge on any atom is 0.216 e. The van der Waals surface area contributed by atoms with Gasteiger partial charge in [0.1, 0.15) is 0 Å². The zero-order chi connectivity index (χ0) is 17.7. The molecule has 0 spiro atoms. The van der Waals surface area contributed by atoms with E-state index in [1.165, 1.54) is 0 Å². The second kappa shape index (κ2) is 7.55. The predicted molar refractivity (Wildman–Crippen MR) is 98.1 cm³/mol. The molecule has 1 N–H and O–H groups in total. The molecule has 5 nitrogen and oxygen atoms in total. The van der Waals surface area contributed by atoms with Gasteiger partial charge in [-0.25, -0.2) is 13.1 Å². The van der Waals surface area contributed by atoms with Gasteiger partial charge in [0, 0.05) is 30.7 Å². The van der Waals surface area contributed by atoms with Crippen LogP contribution in [0, 0.1) is 6.92 Å². The van der Waals surface area contributed by atoms with Gasteiger partial charge in [0.15, 0.2) is 0 Å². The Morgan fingerprint density at radius 2 is 1.88 bits per heavy atom. The minimum absolute atomic E-state index is 0.0445. The average molecular weight is 353 g/mol. The standard InChI is InChI=1S/C19H19N3O2S/c1-15-5-2-6-16(11-15)14-25(23,24)22-13-18-8-4-10-21-19(18)17-7-3-9-20-12-17/h2-12,22H,13-14H2,1H3. The molecule has 0 aliphatic heterocycles. The van der Waals surface area contributed by atoms with Crippen molar-refractivity contribution in [3.05, 3.63) is 83.8 Å². The fourth-order valence-electron chi connectivity index (χ4n) is 2.60. The Kier molecular flexibility index (Phi) is 5.21. The zero-order valence-corrected chi connectivity index (χ0v) is 14.7. The Labute approximate surface area is 147 Å². The Bertz CT molecular complexity index is 957. The van der Waals surface area contributed by atoms with E-state index in [1.807, 2.05) is 49.4 Å². The van der Waals surface area contributed by atoms with E-state index in [1.54, 1.807) is 24.7 Å². The largest absolute Gasteiger partial charge is 0.264 e. The van der Waals surface area contributed by atoms with Crippen molar-refractivity contribution in [3.8, 4) is 11.3 Å². The lowest BCUT2D eigenvalue weighted by atomic mass is 10.1. The summed E-state index contributed by atoms with van der Waals surface area (Å²) in [7, 11) is -3.44. The second-order valence-corrected chi connectivity index (χ2v) is 7.63. The lowest BCUT2D eigenvalue weighted by Crippen LogP contribution is -2.25. The molecule has 0 fully saturated rings. The number of benzene rings is 1. The third-order valence-electron chi connectivity index (χ3n) is 3.75. The monoisotopic (exact) mass is 353 g/mol. The van der Waals surface area contributed by atoms with Crippen LogP contribution in [-0.2, 0) is 22.3 Å². The molecule has 6 heteroatoms. The summed E-state index contributed by atoms with van der Waals surface area (Å²) < 4.78 is 27.4. The first-order valence-electron chi connectivity index (χ1n) is 7.91. The third-order valence-corrected chi connectivity index (χ3v) is 5.05. The second-order valence-electron chi connectivity index (χ2n) is 5.82. The highest BCUT2D eigenvalue weighted by atomic mass is 32.2. The molecular formula is C19H19N3O2S. The van der Waals surface area contributed by atoms with Gasteiger partial charge in [-0.3, -0.25) is 9.97 Å². The van der Waals surface area contributed by atoms with Crippen LogP contribution < -0.4 is 4.72 Å². The van der Waals surface area contributed by atoms with Crippen LogP contribution in [0.5, 0.6) is 0 Å². The first-order chi connectivity index (χ1) is 12.0. The molecule has 3 aromatic rings. The van der Waals surface area contributed by atoms with Crippen LogP contribution in [0.2, 0.25) is 0 Å². The molecule has 25 heavy (non-hydrogen) atoms. The first-order valence-corrected chi connectivity index (χ1v) is 9.56. The van der Waals surface area contributed by atoms with E-state index >= 15 is 0 Å². The lowest BCUT2D eigenvalue weighted by molar-refractivity contribution is 0.580. The highest BCUT2D eigenvalue weighted by molar-refractivity contribution is 7.88. The summed E-state index contributed by atoms with van der Waals surface area (Å²) in [6, 6.07) is 14.9. The van der Waals surface area contributed by atoms with Gasteiger partial charge in [0.05, 0.1) is 11.4 Å². The number of nitrogens with one attached hydrogen (secondary N) is 1. The van der Waals surface area contributed by atoms with Crippen molar-refractivity contribution in [2.75, 3.05) is 0 Å². The fourth-order valence-corrected chi connectivity index (χ4v) is 3.70. The Morgan fingerprint density at radius 1 is 1.04 bits per heavy atom. The van der Waals surface area contributed by atoms with E-state index in [2.05, 4.69) is 14.7 Å². The summed E-state index contributed by atoms with van der Waals surface area (Å²) in [6.45, 7) is 2.13. The third kappa shape index (κ3) is 4.71. The molecule has 3 rings (SSSR count). The summed E-state index contributed by atoms with van der Waals surface area (Å²) in [5.74, 6) is -0.0445. The van der Waals surface area contributed by atoms with E-state index in [9.17, 15) is 8.42 Å². The molecule has 0 aliphatic rings. The van der Waals surface area contributed by atoms with Gasteiger partial charge in [0.25, 0.3) is 0 Å². The predicted octanol–water partition coefficient (Wildman–Crippen LogP) is 3.07. The summed E-state index contributed by atoms with van der Waals surface area (Å²) in [4.78, 5) is 8.47. The molecule has 0 atom stereocenters. The van der Waals surface area contributed by atoms with Crippen molar-refractivity contribution in [1.29, 1.82) is 0 Å². The highest BCUT2D eigenvalue weighted by Crippen LogP contribution is 2.20. The summed E-state index contributed by atoms with van der Waals surface area (Å²) >= 11 is 0. The number of hydrogen-bond acceptors (Lipinski definition) is 4. The molecular weight excluding hydrogens is 334 g/mol. The zero-order valence-electron chi connectivity index (χ0n) is 13.9. The summed E-state index contributed by atoms with van der Waals surface area (Å²) in [5.41, 5.74) is 4.21. The molecule has 1 aromatic carbocycles. The minimum Gasteiger partial charge on any atom is -0.264 e. The van der Waals surface area contributed by atoms with Crippen LogP contribution in [0.1, 0.15) is 16.7 Å². The number of nitrogens with zero attached hydrogens (tertiary/aromatic N) is 2. The Hall–Kier alpha value is -2.57. The number of pyridine rings is 2. The average Bonchev–Trinajstić information content (AvgIpc) is 2.61. The summed E-state index contributed by atoms with van der Waals surface area (Å²) in [5, 5.41) is 0. The van der Waals surface area contributed by atoms with E-state index in [4.69, 9.17) is 0 Å². The molecule has 0 saturated heterocycles. The Balaban J connectivity index is 1.75. The molecule has 0 amide bonds. The molecule has 2 aromatic heterocycles. The molecule has 0 radical (unpaired) electrons. The van der Waals surface area contributed by atoms with Gasteiger partial charge in [-0.2, -0.15) is 0 Å². The van der Waals surface area contributed by atoms with E-state index in [0.717, 1.165) is 27.9 Å². The van der Waals surface area contributed by atoms with Gasteiger partial charge in [-0.05, 0) is 36.2 Å². The van der Waals surface area contributed by atoms with Crippen LogP contribution in [0.15, 0.2) is 67.1 Å². The normalized spacial score (nSPS) is 11.4. The van der Waals surface area contributed by atoms with Crippen molar-refractivity contribution < 1.29 is 8.42 Å². The maximum atomic E-state index is 12.4. The van der Waals surface area contributed by atoms with Crippen molar-refractivity contribution in [2.24, 2.45) is 0 Å². The van der Waals surface area contributed by atoms with Crippen molar-refractivity contribution in [3.63, 3.8) is 0 Å². The van der Waals surface area contributed by atoms with Gasteiger partial charge in [-0.15, -0.1) is 0 Å². The number of sulfonamides is 1. The topological polar surface area (TPSA) is 72.0 Å². The molecule has 0 unspecified atom stereocenters. The molecule has 128 valence electrons. The van der Waals surface area contributed by atoms with Gasteiger partial charge in [-0.1, -0.05) is 35.9 Å². The van der Waals surface area contributed by atoms with Crippen molar-refractivity contribution in [2.45, 2.75) is 19.2 Å². The van der Waals surface area contributed by atoms with Gasteiger partial charge in [0.2, 0.25) is 10.0 Å². The quantitative estimate of drug-likeness (QED) is 0.739. The van der Waals surface area contributed by atoms with Crippen LogP contribution >= 0.6 is 0 Å². The highest BCUT2D eigenvalue weighted by Gasteiger charge is 2.13. The van der Waals surface area contributed by atoms with Crippen LogP contribution in [-0.4, -0.2) is 18.4 Å². The van der Waals surface area contributed by atoms with Crippen LogP contribution in [0.3, 0.4) is 0 Å². The summed E-state index contributed by atoms with van der Waals surface area (Å²) in [6.07, 6.45) is 5.09. The van der Waals surface area contributed by atoms with E-state index in [0.29, 0.717) is 0 Å². The SMILES string of the molecule is Cc1cccc(CS(=O)(=O)NCc2cccnc2-c2cccnc2)c1. The van der Waals surface area contributed by atoms with Crippen molar-refractivity contribution in [1.82, 2.24) is 14.7 Å².